The summed E-state index contributed by atoms with van der Waals surface area (Å²) in [6.07, 6.45) is 3.03. The summed E-state index contributed by atoms with van der Waals surface area (Å²) in [5, 5.41) is 17.6. The minimum Gasteiger partial charge on any atom is -0.423 e. The zero-order chi connectivity index (χ0) is 8.97. The van der Waals surface area contributed by atoms with E-state index in [1.54, 1.807) is 19.4 Å². The molecule has 0 aromatic carbocycles. The third-order valence-electron chi connectivity index (χ3n) is 1.43. The second-order valence-corrected chi connectivity index (χ2v) is 2.43. The zero-order valence-electron chi connectivity index (χ0n) is 6.77. The summed E-state index contributed by atoms with van der Waals surface area (Å²) in [4.78, 5) is 3.82. The first kappa shape index (κ1) is 9.19. The maximum absolute atomic E-state index is 8.79. The molecule has 0 bridgehead atoms. The summed E-state index contributed by atoms with van der Waals surface area (Å²) in [7, 11) is 0.108. The number of nitrogens with zero attached hydrogens (tertiary/aromatic N) is 1. The van der Waals surface area contributed by atoms with E-state index in [2.05, 4.69) is 4.98 Å². The first-order valence-corrected chi connectivity index (χ1v) is 3.53. The van der Waals surface area contributed by atoms with Crippen LogP contribution in [0.2, 0.25) is 0 Å². The highest BCUT2D eigenvalue weighted by atomic mass is 16.5. The molecule has 5 heteroatoms. The number of ether oxygens (including phenoxy) is 1. The monoisotopic (exact) mass is 167 g/mol. The van der Waals surface area contributed by atoms with Crippen molar-refractivity contribution in [2.45, 2.75) is 6.61 Å². The quantitative estimate of drug-likeness (QED) is 0.561. The Morgan fingerprint density at radius 3 is 2.83 bits per heavy atom. The molecule has 12 heavy (non-hydrogen) atoms. The van der Waals surface area contributed by atoms with E-state index in [-0.39, 0.29) is 0 Å². The third-order valence-corrected chi connectivity index (χ3v) is 1.43. The van der Waals surface area contributed by atoms with Crippen molar-refractivity contribution in [3.05, 3.63) is 24.0 Å². The van der Waals surface area contributed by atoms with Gasteiger partial charge >= 0.3 is 7.12 Å². The molecule has 0 fully saturated rings. The van der Waals surface area contributed by atoms with Crippen LogP contribution in [0.5, 0.6) is 0 Å². The van der Waals surface area contributed by atoms with E-state index in [9.17, 15) is 0 Å². The van der Waals surface area contributed by atoms with E-state index < -0.39 is 7.12 Å². The van der Waals surface area contributed by atoms with Gasteiger partial charge in [0.2, 0.25) is 0 Å². The van der Waals surface area contributed by atoms with Gasteiger partial charge in [0.15, 0.2) is 0 Å². The van der Waals surface area contributed by atoms with Crippen LogP contribution >= 0.6 is 0 Å². The van der Waals surface area contributed by atoms with Gasteiger partial charge < -0.3 is 14.8 Å². The SMILES string of the molecule is COCc1cncc(B(O)O)c1. The Hall–Kier alpha value is -0.905. The Morgan fingerprint density at radius 1 is 1.50 bits per heavy atom. The predicted octanol–water partition coefficient (Wildman–Crippen LogP) is -1.09. The van der Waals surface area contributed by atoms with Gasteiger partial charge in [-0.2, -0.15) is 0 Å². The molecular formula is C7H10BNO3. The smallest absolute Gasteiger partial charge is 0.423 e. The van der Waals surface area contributed by atoms with Crippen molar-refractivity contribution in [3.8, 4) is 0 Å². The molecule has 1 aromatic rings. The van der Waals surface area contributed by atoms with Crippen LogP contribution in [0.3, 0.4) is 0 Å². The Bertz CT molecular complexity index is 254. The van der Waals surface area contributed by atoms with Crippen LogP contribution in [0.25, 0.3) is 0 Å². The summed E-state index contributed by atoms with van der Waals surface area (Å²) in [6.45, 7) is 0.424. The average molecular weight is 167 g/mol. The highest BCUT2D eigenvalue weighted by Gasteiger charge is 2.10. The Balaban J connectivity index is 2.81. The van der Waals surface area contributed by atoms with Crippen molar-refractivity contribution >= 4 is 12.6 Å². The largest absolute Gasteiger partial charge is 0.490 e. The van der Waals surface area contributed by atoms with Gasteiger partial charge in [0.25, 0.3) is 0 Å². The lowest BCUT2D eigenvalue weighted by molar-refractivity contribution is 0.184. The Morgan fingerprint density at radius 2 is 2.25 bits per heavy atom. The maximum atomic E-state index is 8.79. The van der Waals surface area contributed by atoms with Crippen LogP contribution in [0.4, 0.5) is 0 Å². The highest BCUT2D eigenvalue weighted by Crippen LogP contribution is 1.95. The lowest BCUT2D eigenvalue weighted by Gasteiger charge is -2.01. The van der Waals surface area contributed by atoms with Gasteiger partial charge in [-0.1, -0.05) is 6.07 Å². The molecule has 0 spiro atoms. The van der Waals surface area contributed by atoms with Crippen LogP contribution in [0, 0.1) is 0 Å². The van der Waals surface area contributed by atoms with Crippen molar-refractivity contribution in [1.29, 1.82) is 0 Å². The highest BCUT2D eigenvalue weighted by molar-refractivity contribution is 6.58. The third kappa shape index (κ3) is 2.30. The molecule has 64 valence electrons. The van der Waals surface area contributed by atoms with E-state index in [1.165, 1.54) is 6.20 Å². The molecule has 0 saturated carbocycles. The van der Waals surface area contributed by atoms with E-state index in [4.69, 9.17) is 14.8 Å². The topological polar surface area (TPSA) is 62.6 Å². The van der Waals surface area contributed by atoms with E-state index in [0.717, 1.165) is 5.56 Å². The first-order chi connectivity index (χ1) is 5.74. The molecule has 0 aliphatic rings. The summed E-state index contributed by atoms with van der Waals surface area (Å²) in [5.74, 6) is 0. The molecule has 0 amide bonds. The standard InChI is InChI=1S/C7H10BNO3/c1-12-5-6-2-7(8(10)11)4-9-3-6/h2-4,10-11H,5H2,1H3. The molecule has 0 unspecified atom stereocenters. The van der Waals surface area contributed by atoms with Gasteiger partial charge in [-0.3, -0.25) is 4.98 Å². The van der Waals surface area contributed by atoms with Crippen molar-refractivity contribution in [2.75, 3.05) is 7.11 Å². The van der Waals surface area contributed by atoms with Crippen molar-refractivity contribution in [2.24, 2.45) is 0 Å². The molecule has 1 rings (SSSR count). The molecule has 1 heterocycles. The fourth-order valence-corrected chi connectivity index (χ4v) is 0.894. The second-order valence-electron chi connectivity index (χ2n) is 2.43. The maximum Gasteiger partial charge on any atom is 0.490 e. The Kier molecular flexibility index (Phi) is 3.22. The number of methoxy groups -OCH3 is 1. The molecule has 4 nitrogen and oxygen atoms in total. The molecule has 0 atom stereocenters. The number of pyridine rings is 1. The first-order valence-electron chi connectivity index (χ1n) is 3.53. The fourth-order valence-electron chi connectivity index (χ4n) is 0.894. The van der Waals surface area contributed by atoms with Crippen LogP contribution in [-0.2, 0) is 11.3 Å². The number of hydrogen-bond donors (Lipinski definition) is 2. The minimum atomic E-state index is -1.46. The van der Waals surface area contributed by atoms with E-state index in [1.807, 2.05) is 0 Å². The van der Waals surface area contributed by atoms with Gasteiger partial charge in [-0.25, -0.2) is 0 Å². The van der Waals surface area contributed by atoms with Gasteiger partial charge in [0.1, 0.15) is 0 Å². The van der Waals surface area contributed by atoms with Crippen molar-refractivity contribution < 1.29 is 14.8 Å². The molecule has 2 N–H and O–H groups in total. The second kappa shape index (κ2) is 4.20. The zero-order valence-corrected chi connectivity index (χ0v) is 6.77. The number of rotatable bonds is 3. The van der Waals surface area contributed by atoms with Crippen LogP contribution in [0.15, 0.2) is 18.5 Å². The predicted molar refractivity (Wildman–Crippen MR) is 44.8 cm³/mol. The summed E-state index contributed by atoms with van der Waals surface area (Å²) < 4.78 is 4.86. The van der Waals surface area contributed by atoms with Gasteiger partial charge in [-0.05, 0) is 5.56 Å². The average Bonchev–Trinajstić information content (AvgIpc) is 2.05. The van der Waals surface area contributed by atoms with Crippen LogP contribution in [0.1, 0.15) is 5.56 Å². The van der Waals surface area contributed by atoms with Gasteiger partial charge in [-0.15, -0.1) is 0 Å². The minimum absolute atomic E-state index is 0.379. The van der Waals surface area contributed by atoms with Crippen molar-refractivity contribution in [3.63, 3.8) is 0 Å². The number of hydrogen-bond acceptors (Lipinski definition) is 4. The summed E-state index contributed by atoms with van der Waals surface area (Å²) in [6, 6.07) is 1.64. The number of aromatic nitrogens is 1. The summed E-state index contributed by atoms with van der Waals surface area (Å²) in [5.41, 5.74) is 1.20. The molecular weight excluding hydrogens is 157 g/mol. The lowest BCUT2D eigenvalue weighted by atomic mass is 9.81. The van der Waals surface area contributed by atoms with Crippen LogP contribution in [-0.4, -0.2) is 29.3 Å². The molecule has 0 aliphatic carbocycles. The fraction of sp³-hybridized carbons (Fsp3) is 0.286. The van der Waals surface area contributed by atoms with Crippen LogP contribution < -0.4 is 5.46 Å². The molecule has 0 aliphatic heterocycles. The van der Waals surface area contributed by atoms with Gasteiger partial charge in [0.05, 0.1) is 6.61 Å². The summed E-state index contributed by atoms with van der Waals surface area (Å²) >= 11 is 0. The van der Waals surface area contributed by atoms with E-state index in [0.29, 0.717) is 12.1 Å². The molecule has 0 radical (unpaired) electrons. The molecule has 1 aromatic heterocycles. The van der Waals surface area contributed by atoms with Gasteiger partial charge in [0, 0.05) is 25.0 Å². The van der Waals surface area contributed by atoms with E-state index >= 15 is 0 Å². The lowest BCUT2D eigenvalue weighted by Crippen LogP contribution is -2.30. The van der Waals surface area contributed by atoms with Crippen molar-refractivity contribution in [1.82, 2.24) is 4.98 Å². The molecule has 0 saturated heterocycles. The Labute approximate surface area is 71.0 Å². The normalized spacial score (nSPS) is 9.92.